The number of hydrogen-bond donors (Lipinski definition) is 3. The number of aliphatic hydroxyl groups is 1. The zero-order chi connectivity index (χ0) is 14.0. The van der Waals surface area contributed by atoms with Crippen LogP contribution >= 0.6 is 0 Å². The highest BCUT2D eigenvalue weighted by Crippen LogP contribution is 2.18. The molecule has 0 unspecified atom stereocenters. The second kappa shape index (κ2) is 5.55. The van der Waals surface area contributed by atoms with E-state index in [2.05, 4.69) is 16.4 Å². The van der Waals surface area contributed by atoms with E-state index in [4.69, 9.17) is 0 Å². The summed E-state index contributed by atoms with van der Waals surface area (Å²) in [5.74, 6) is 0. The molecule has 0 aliphatic heterocycles. The third kappa shape index (κ3) is 3.03. The molecule has 2 aromatic rings. The monoisotopic (exact) mass is 260 g/mol. The minimum absolute atomic E-state index is 0.0701. The number of fused-ring (bicyclic) bond motifs is 1. The molecule has 19 heavy (non-hydrogen) atoms. The molecule has 0 saturated heterocycles. The van der Waals surface area contributed by atoms with Crippen LogP contribution in [0, 0.1) is 13.8 Å². The first-order valence-corrected chi connectivity index (χ1v) is 6.50. The van der Waals surface area contributed by atoms with Gasteiger partial charge in [-0.05, 0) is 43.4 Å². The van der Waals surface area contributed by atoms with E-state index in [1.54, 1.807) is 6.92 Å². The summed E-state index contributed by atoms with van der Waals surface area (Å²) < 4.78 is 0. The molecule has 1 atom stereocenters. The Morgan fingerprint density at radius 3 is 2.79 bits per heavy atom. The minimum atomic E-state index is -0.413. The van der Waals surface area contributed by atoms with Crippen molar-refractivity contribution in [2.24, 2.45) is 0 Å². The highest BCUT2D eigenvalue weighted by Gasteiger charge is 2.06. The molecule has 4 heteroatoms. The summed E-state index contributed by atoms with van der Waals surface area (Å²) in [7, 11) is 0. The molecule has 0 bridgehead atoms. The Morgan fingerprint density at radius 2 is 2.11 bits per heavy atom. The van der Waals surface area contributed by atoms with Crippen LogP contribution in [0.25, 0.3) is 10.9 Å². The Balaban J connectivity index is 2.35. The van der Waals surface area contributed by atoms with Gasteiger partial charge in [0.2, 0.25) is 0 Å². The zero-order valence-electron chi connectivity index (χ0n) is 11.6. The molecular formula is C15H20N2O2. The SMILES string of the molecule is Cc1ccc2cc(CNC[C@@H](C)O)c(=O)[nH]c2c1C. The van der Waals surface area contributed by atoms with Crippen molar-refractivity contribution < 1.29 is 5.11 Å². The molecular weight excluding hydrogens is 240 g/mol. The molecule has 0 aliphatic carbocycles. The molecule has 0 spiro atoms. The van der Waals surface area contributed by atoms with Gasteiger partial charge in [0.15, 0.2) is 0 Å². The Hall–Kier alpha value is -1.65. The number of aryl methyl sites for hydroxylation is 2. The fourth-order valence-corrected chi connectivity index (χ4v) is 2.12. The first-order chi connectivity index (χ1) is 8.99. The van der Waals surface area contributed by atoms with Crippen LogP contribution in [0.1, 0.15) is 23.6 Å². The second-order valence-corrected chi connectivity index (χ2v) is 5.08. The standard InChI is InChI=1S/C15H20N2O2/c1-9-4-5-12-6-13(8-16-7-10(2)18)15(19)17-14(12)11(9)3/h4-6,10,16,18H,7-8H2,1-3H3,(H,17,19)/t10-/m1/s1. The van der Waals surface area contributed by atoms with Crippen LogP contribution in [-0.2, 0) is 6.54 Å². The van der Waals surface area contributed by atoms with Crippen molar-refractivity contribution in [3.63, 3.8) is 0 Å². The predicted octanol–water partition coefficient (Wildman–Crippen LogP) is 1.62. The number of nitrogens with one attached hydrogen (secondary N) is 2. The Bertz CT molecular complexity index is 644. The van der Waals surface area contributed by atoms with Crippen molar-refractivity contribution in [3.05, 3.63) is 45.2 Å². The minimum Gasteiger partial charge on any atom is -0.392 e. The lowest BCUT2D eigenvalue weighted by atomic mass is 10.0. The maximum atomic E-state index is 12.0. The summed E-state index contributed by atoms with van der Waals surface area (Å²) in [5, 5.41) is 13.3. The fraction of sp³-hybridized carbons (Fsp3) is 0.400. The van der Waals surface area contributed by atoms with E-state index >= 15 is 0 Å². The molecule has 0 saturated carbocycles. The summed E-state index contributed by atoms with van der Waals surface area (Å²) in [5.41, 5.74) is 3.81. The number of pyridine rings is 1. The Labute approximate surface area is 112 Å². The van der Waals surface area contributed by atoms with E-state index in [1.807, 2.05) is 26.0 Å². The average Bonchev–Trinajstić information content (AvgIpc) is 2.35. The molecule has 0 amide bonds. The van der Waals surface area contributed by atoms with Gasteiger partial charge in [-0.2, -0.15) is 0 Å². The largest absolute Gasteiger partial charge is 0.392 e. The third-order valence-corrected chi connectivity index (χ3v) is 3.38. The number of H-pyrrole nitrogens is 1. The van der Waals surface area contributed by atoms with E-state index in [-0.39, 0.29) is 5.56 Å². The first-order valence-electron chi connectivity index (χ1n) is 6.50. The third-order valence-electron chi connectivity index (χ3n) is 3.38. The van der Waals surface area contributed by atoms with Crippen molar-refractivity contribution in [2.75, 3.05) is 6.54 Å². The van der Waals surface area contributed by atoms with Gasteiger partial charge in [0, 0.05) is 18.7 Å². The van der Waals surface area contributed by atoms with Gasteiger partial charge in [0.25, 0.3) is 5.56 Å². The van der Waals surface area contributed by atoms with E-state index < -0.39 is 6.10 Å². The van der Waals surface area contributed by atoms with Crippen LogP contribution in [0.15, 0.2) is 23.0 Å². The molecule has 0 radical (unpaired) electrons. The zero-order valence-corrected chi connectivity index (χ0v) is 11.6. The lowest BCUT2D eigenvalue weighted by molar-refractivity contribution is 0.191. The van der Waals surface area contributed by atoms with E-state index in [1.165, 1.54) is 5.56 Å². The maximum Gasteiger partial charge on any atom is 0.252 e. The highest BCUT2D eigenvalue weighted by atomic mass is 16.3. The van der Waals surface area contributed by atoms with E-state index in [0.29, 0.717) is 18.7 Å². The lowest BCUT2D eigenvalue weighted by Gasteiger charge is -2.09. The highest BCUT2D eigenvalue weighted by molar-refractivity contribution is 5.83. The molecule has 1 aromatic carbocycles. The maximum absolute atomic E-state index is 12.0. The molecule has 0 fully saturated rings. The van der Waals surface area contributed by atoms with Crippen LogP contribution < -0.4 is 10.9 Å². The summed E-state index contributed by atoms with van der Waals surface area (Å²) >= 11 is 0. The van der Waals surface area contributed by atoms with Gasteiger partial charge >= 0.3 is 0 Å². The Morgan fingerprint density at radius 1 is 1.37 bits per heavy atom. The van der Waals surface area contributed by atoms with Crippen molar-refractivity contribution in [3.8, 4) is 0 Å². The van der Waals surface area contributed by atoms with Crippen molar-refractivity contribution >= 4 is 10.9 Å². The number of rotatable bonds is 4. The van der Waals surface area contributed by atoms with Gasteiger partial charge in [-0.1, -0.05) is 12.1 Å². The summed E-state index contributed by atoms with van der Waals surface area (Å²) in [6.07, 6.45) is -0.413. The summed E-state index contributed by atoms with van der Waals surface area (Å²) in [4.78, 5) is 15.0. The van der Waals surface area contributed by atoms with Gasteiger partial charge in [-0.15, -0.1) is 0 Å². The Kier molecular flexibility index (Phi) is 4.02. The predicted molar refractivity (Wildman–Crippen MR) is 77.4 cm³/mol. The molecule has 4 nitrogen and oxygen atoms in total. The normalized spacial score (nSPS) is 12.8. The van der Waals surface area contributed by atoms with E-state index in [0.717, 1.165) is 16.5 Å². The van der Waals surface area contributed by atoms with Crippen molar-refractivity contribution in [1.29, 1.82) is 0 Å². The second-order valence-electron chi connectivity index (χ2n) is 5.08. The molecule has 0 aliphatic rings. The van der Waals surface area contributed by atoms with Crippen LogP contribution in [0.5, 0.6) is 0 Å². The summed E-state index contributed by atoms with van der Waals surface area (Å²) in [6, 6.07) is 5.99. The van der Waals surface area contributed by atoms with Crippen molar-refractivity contribution in [1.82, 2.24) is 10.3 Å². The number of hydrogen-bond acceptors (Lipinski definition) is 3. The van der Waals surface area contributed by atoms with Crippen LogP contribution in [0.2, 0.25) is 0 Å². The smallest absolute Gasteiger partial charge is 0.252 e. The topological polar surface area (TPSA) is 65.1 Å². The van der Waals surface area contributed by atoms with Gasteiger partial charge in [0.05, 0.1) is 11.6 Å². The molecule has 1 aromatic heterocycles. The average molecular weight is 260 g/mol. The fourth-order valence-electron chi connectivity index (χ4n) is 2.12. The van der Waals surface area contributed by atoms with Gasteiger partial charge < -0.3 is 15.4 Å². The lowest BCUT2D eigenvalue weighted by Crippen LogP contribution is -2.27. The number of aliphatic hydroxyl groups excluding tert-OH is 1. The molecule has 102 valence electrons. The molecule has 1 heterocycles. The summed E-state index contributed by atoms with van der Waals surface area (Å²) in [6.45, 7) is 6.70. The number of aromatic nitrogens is 1. The van der Waals surface area contributed by atoms with E-state index in [9.17, 15) is 9.90 Å². The van der Waals surface area contributed by atoms with Crippen LogP contribution in [0.3, 0.4) is 0 Å². The molecule has 3 N–H and O–H groups in total. The van der Waals surface area contributed by atoms with Gasteiger partial charge in [0.1, 0.15) is 0 Å². The van der Waals surface area contributed by atoms with Crippen LogP contribution in [0.4, 0.5) is 0 Å². The van der Waals surface area contributed by atoms with Gasteiger partial charge in [-0.3, -0.25) is 4.79 Å². The van der Waals surface area contributed by atoms with Crippen molar-refractivity contribution in [2.45, 2.75) is 33.4 Å². The molecule has 2 rings (SSSR count). The van der Waals surface area contributed by atoms with Gasteiger partial charge in [-0.25, -0.2) is 0 Å². The van der Waals surface area contributed by atoms with Crippen LogP contribution in [-0.4, -0.2) is 22.7 Å². The number of aromatic amines is 1. The number of benzene rings is 1. The first kappa shape index (κ1) is 13.8. The quantitative estimate of drug-likeness (QED) is 0.782.